The van der Waals surface area contributed by atoms with Gasteiger partial charge in [0.2, 0.25) is 5.28 Å². The van der Waals surface area contributed by atoms with Crippen LogP contribution >= 0.6 is 11.6 Å². The molecule has 0 aliphatic carbocycles. The minimum atomic E-state index is -1.02. The zero-order valence-corrected chi connectivity index (χ0v) is 10.1. The number of carbonyl (C=O) groups is 1. The molecule has 0 bridgehead atoms. The van der Waals surface area contributed by atoms with Crippen molar-refractivity contribution in [2.45, 2.75) is 13.0 Å². The second kappa shape index (κ2) is 4.30. The number of carboxylic acids is 1. The number of nitrogens with one attached hydrogen (secondary N) is 1. The minimum Gasteiger partial charge on any atom is -0.481 e. The highest BCUT2D eigenvalue weighted by atomic mass is 35.5. The van der Waals surface area contributed by atoms with Crippen molar-refractivity contribution in [3.63, 3.8) is 0 Å². The maximum Gasteiger partial charge on any atom is 0.329 e. The van der Waals surface area contributed by atoms with Crippen LogP contribution in [-0.2, 0) is 18.4 Å². The summed E-state index contributed by atoms with van der Waals surface area (Å²) in [5, 5.41) is 8.60. The van der Waals surface area contributed by atoms with E-state index in [0.29, 0.717) is 0 Å². The smallest absolute Gasteiger partial charge is 0.329 e. The first-order valence-electron chi connectivity index (χ1n) is 4.98. The highest BCUT2D eigenvalue weighted by Gasteiger charge is 2.16. The fraction of sp³-hybridized carbons (Fsp3) is 0.333. The molecule has 0 aliphatic heterocycles. The molecule has 96 valence electrons. The van der Waals surface area contributed by atoms with Crippen LogP contribution in [0.3, 0.4) is 0 Å². The average Bonchev–Trinajstić information content (AvgIpc) is 2.61. The topological polar surface area (TPSA) is 110 Å². The third kappa shape index (κ3) is 1.90. The van der Waals surface area contributed by atoms with Crippen LogP contribution < -0.4 is 11.2 Å². The molecule has 0 spiro atoms. The lowest BCUT2D eigenvalue weighted by atomic mass is 10.4. The first-order valence-corrected chi connectivity index (χ1v) is 5.36. The summed E-state index contributed by atoms with van der Waals surface area (Å²) in [6, 6.07) is 0. The molecule has 8 nitrogen and oxygen atoms in total. The van der Waals surface area contributed by atoms with Crippen LogP contribution in [0.5, 0.6) is 0 Å². The molecule has 2 N–H and O–H groups in total. The third-order valence-corrected chi connectivity index (χ3v) is 2.80. The number of imidazole rings is 1. The fourth-order valence-corrected chi connectivity index (χ4v) is 1.87. The van der Waals surface area contributed by atoms with Gasteiger partial charge in [-0.3, -0.25) is 19.1 Å². The van der Waals surface area contributed by atoms with Gasteiger partial charge in [-0.1, -0.05) is 0 Å². The Morgan fingerprint density at radius 1 is 1.50 bits per heavy atom. The zero-order chi connectivity index (χ0) is 13.4. The molecular formula is C9H9ClN4O4. The van der Waals surface area contributed by atoms with Gasteiger partial charge in [-0.25, -0.2) is 4.79 Å². The van der Waals surface area contributed by atoms with E-state index in [1.807, 2.05) is 0 Å². The van der Waals surface area contributed by atoms with Gasteiger partial charge < -0.3 is 9.67 Å². The number of hydrogen-bond donors (Lipinski definition) is 2. The molecule has 9 heteroatoms. The van der Waals surface area contributed by atoms with E-state index >= 15 is 0 Å². The van der Waals surface area contributed by atoms with E-state index < -0.39 is 17.2 Å². The van der Waals surface area contributed by atoms with Gasteiger partial charge in [0, 0.05) is 13.6 Å². The lowest BCUT2D eigenvalue weighted by Crippen LogP contribution is -2.29. The number of aromatic nitrogens is 4. The molecule has 2 heterocycles. The largest absolute Gasteiger partial charge is 0.481 e. The van der Waals surface area contributed by atoms with E-state index in [0.717, 1.165) is 4.57 Å². The molecule has 0 unspecified atom stereocenters. The third-order valence-electron chi connectivity index (χ3n) is 2.51. The van der Waals surface area contributed by atoms with Crippen LogP contribution in [0.25, 0.3) is 11.2 Å². The van der Waals surface area contributed by atoms with Crippen molar-refractivity contribution in [2.75, 3.05) is 0 Å². The number of rotatable bonds is 3. The van der Waals surface area contributed by atoms with Crippen molar-refractivity contribution >= 4 is 28.7 Å². The number of hydrogen-bond acceptors (Lipinski definition) is 4. The molecule has 2 aromatic heterocycles. The van der Waals surface area contributed by atoms with Crippen LogP contribution in [0.4, 0.5) is 0 Å². The summed E-state index contributed by atoms with van der Waals surface area (Å²) >= 11 is 5.84. The van der Waals surface area contributed by atoms with E-state index in [1.54, 1.807) is 0 Å². The fourth-order valence-electron chi connectivity index (χ4n) is 1.62. The Kier molecular flexibility index (Phi) is 2.95. The summed E-state index contributed by atoms with van der Waals surface area (Å²) in [7, 11) is 1.44. The van der Waals surface area contributed by atoms with E-state index in [2.05, 4.69) is 9.97 Å². The molecule has 0 aromatic carbocycles. The Balaban J connectivity index is 2.71. The Hall–Kier alpha value is -2.09. The second-order valence-corrected chi connectivity index (χ2v) is 4.00. The number of H-pyrrole nitrogens is 1. The van der Waals surface area contributed by atoms with Gasteiger partial charge >= 0.3 is 11.7 Å². The van der Waals surface area contributed by atoms with Gasteiger partial charge in [0.1, 0.15) is 0 Å². The first kappa shape index (κ1) is 12.4. The minimum absolute atomic E-state index is 0.00590. The van der Waals surface area contributed by atoms with Crippen LogP contribution in [0.1, 0.15) is 6.42 Å². The van der Waals surface area contributed by atoms with Crippen molar-refractivity contribution < 1.29 is 9.90 Å². The van der Waals surface area contributed by atoms with Gasteiger partial charge in [0.15, 0.2) is 11.2 Å². The Morgan fingerprint density at radius 3 is 2.78 bits per heavy atom. The summed E-state index contributed by atoms with van der Waals surface area (Å²) < 4.78 is 2.41. The summed E-state index contributed by atoms with van der Waals surface area (Å²) in [4.78, 5) is 39.6. The van der Waals surface area contributed by atoms with Crippen LogP contribution in [0.2, 0.25) is 5.28 Å². The summed E-state index contributed by atoms with van der Waals surface area (Å²) in [6.45, 7) is 0.00590. The van der Waals surface area contributed by atoms with Gasteiger partial charge in [-0.15, -0.1) is 0 Å². The number of fused-ring (bicyclic) bond motifs is 1. The van der Waals surface area contributed by atoms with Crippen molar-refractivity contribution in [3.05, 3.63) is 26.1 Å². The van der Waals surface area contributed by atoms with E-state index in [1.165, 1.54) is 11.6 Å². The average molecular weight is 273 g/mol. The molecule has 2 aromatic rings. The van der Waals surface area contributed by atoms with Crippen LogP contribution in [0, 0.1) is 0 Å². The monoisotopic (exact) mass is 272 g/mol. The molecule has 0 saturated heterocycles. The number of carboxylic acid groups (broad SMARTS) is 1. The van der Waals surface area contributed by atoms with Crippen LogP contribution in [0.15, 0.2) is 9.59 Å². The van der Waals surface area contributed by atoms with E-state index in [-0.39, 0.29) is 29.4 Å². The van der Waals surface area contributed by atoms with Crippen molar-refractivity contribution in [2.24, 2.45) is 7.05 Å². The zero-order valence-electron chi connectivity index (χ0n) is 9.31. The maximum absolute atomic E-state index is 11.7. The predicted octanol–water partition coefficient (Wildman–Crippen LogP) is -0.449. The molecule has 0 fully saturated rings. The number of aryl methyl sites for hydroxylation is 2. The second-order valence-electron chi connectivity index (χ2n) is 3.67. The van der Waals surface area contributed by atoms with Gasteiger partial charge in [0.05, 0.1) is 6.42 Å². The number of aliphatic carboxylic acids is 1. The van der Waals surface area contributed by atoms with Crippen LogP contribution in [-0.4, -0.2) is 30.2 Å². The SMILES string of the molecule is Cn1c(=O)[nH]c(=O)c2c1nc(Cl)n2CCC(=O)O. The first-order chi connectivity index (χ1) is 8.41. The lowest BCUT2D eigenvalue weighted by Gasteiger charge is -2.02. The number of aromatic amines is 1. The van der Waals surface area contributed by atoms with Crippen molar-refractivity contribution in [1.29, 1.82) is 0 Å². The summed E-state index contributed by atoms with van der Waals surface area (Å²) in [5.74, 6) is -1.02. The highest BCUT2D eigenvalue weighted by molar-refractivity contribution is 6.29. The molecule has 0 aliphatic rings. The predicted molar refractivity (Wildman–Crippen MR) is 62.9 cm³/mol. The highest BCUT2D eigenvalue weighted by Crippen LogP contribution is 2.15. The van der Waals surface area contributed by atoms with Crippen molar-refractivity contribution in [3.8, 4) is 0 Å². The maximum atomic E-state index is 11.7. The van der Waals surface area contributed by atoms with Gasteiger partial charge in [-0.2, -0.15) is 4.98 Å². The summed E-state index contributed by atoms with van der Waals surface area (Å²) in [5.41, 5.74) is -1.03. The standard InChI is InChI=1S/C9H9ClN4O4/c1-13-6-5(7(17)12-9(13)18)14(8(10)11-6)3-2-4(15)16/h2-3H2,1H3,(H,15,16)(H,12,17,18). The van der Waals surface area contributed by atoms with E-state index in [9.17, 15) is 14.4 Å². The van der Waals surface area contributed by atoms with Gasteiger partial charge in [0.25, 0.3) is 5.56 Å². The number of nitrogens with zero attached hydrogens (tertiary/aromatic N) is 3. The Labute approximate surface area is 104 Å². The lowest BCUT2D eigenvalue weighted by molar-refractivity contribution is -0.137. The Morgan fingerprint density at radius 2 is 2.17 bits per heavy atom. The molecule has 0 saturated carbocycles. The molecular weight excluding hydrogens is 264 g/mol. The number of halogens is 1. The van der Waals surface area contributed by atoms with Crippen molar-refractivity contribution in [1.82, 2.24) is 19.1 Å². The normalized spacial score (nSPS) is 11.0. The summed E-state index contributed by atoms with van der Waals surface area (Å²) in [6.07, 6.45) is -0.201. The Bertz CT molecular complexity index is 741. The molecule has 2 rings (SSSR count). The van der Waals surface area contributed by atoms with Gasteiger partial charge in [-0.05, 0) is 11.6 Å². The molecule has 0 radical (unpaired) electrons. The molecule has 0 amide bonds. The quantitative estimate of drug-likeness (QED) is 0.736. The van der Waals surface area contributed by atoms with E-state index in [4.69, 9.17) is 16.7 Å². The molecule has 0 atom stereocenters. The molecule has 18 heavy (non-hydrogen) atoms.